The lowest BCUT2D eigenvalue weighted by atomic mass is 10.2. The molecule has 0 N–H and O–H groups in total. The van der Waals surface area contributed by atoms with Crippen LogP contribution in [0.2, 0.25) is 0 Å². The third kappa shape index (κ3) is 3.56. The van der Waals surface area contributed by atoms with Crippen molar-refractivity contribution in [2.24, 2.45) is 0 Å². The number of methoxy groups -OCH3 is 1. The predicted molar refractivity (Wildman–Crippen MR) is 75.8 cm³/mol. The van der Waals surface area contributed by atoms with Gasteiger partial charge in [-0.25, -0.2) is 0 Å². The summed E-state index contributed by atoms with van der Waals surface area (Å²) in [5.41, 5.74) is 1.11. The lowest BCUT2D eigenvalue weighted by Crippen LogP contribution is -1.99. The van der Waals surface area contributed by atoms with E-state index in [0.717, 1.165) is 6.29 Å². The van der Waals surface area contributed by atoms with Crippen LogP contribution in [0, 0.1) is 10.1 Å². The highest BCUT2D eigenvalue weighted by Gasteiger charge is 2.15. The highest BCUT2D eigenvalue weighted by Crippen LogP contribution is 2.28. The van der Waals surface area contributed by atoms with Gasteiger partial charge in [-0.05, 0) is 35.9 Å². The maximum atomic E-state index is 10.9. The minimum absolute atomic E-state index is 0.102. The minimum Gasteiger partial charge on any atom is -0.490 e. The summed E-state index contributed by atoms with van der Waals surface area (Å²) in [6.45, 7) is 0.186. The van der Waals surface area contributed by atoms with E-state index in [0.29, 0.717) is 16.9 Å². The van der Waals surface area contributed by atoms with Crippen molar-refractivity contribution in [2.75, 3.05) is 7.11 Å². The fraction of sp³-hybridized carbons (Fsp3) is 0.133. The first kappa shape index (κ1) is 14.5. The summed E-state index contributed by atoms with van der Waals surface area (Å²) < 4.78 is 10.5. The summed E-state index contributed by atoms with van der Waals surface area (Å²) in [7, 11) is 1.38. The number of hydrogen-bond acceptors (Lipinski definition) is 5. The Bertz CT molecular complexity index is 652. The first-order valence-corrected chi connectivity index (χ1v) is 6.13. The third-order valence-corrected chi connectivity index (χ3v) is 2.86. The normalized spacial score (nSPS) is 9.95. The van der Waals surface area contributed by atoms with Crippen molar-refractivity contribution in [1.82, 2.24) is 0 Å². The molecular weight excluding hydrogens is 274 g/mol. The Kier molecular flexibility index (Phi) is 4.50. The number of nitrogens with zero attached hydrogens (tertiary/aromatic N) is 1. The molecule has 0 unspecified atom stereocenters. The van der Waals surface area contributed by atoms with Crippen LogP contribution in [0.25, 0.3) is 0 Å². The molecule has 0 bridgehead atoms. The van der Waals surface area contributed by atoms with E-state index in [1.54, 1.807) is 30.3 Å². The molecular formula is C15H13NO5. The Balaban J connectivity index is 2.10. The van der Waals surface area contributed by atoms with Gasteiger partial charge in [-0.3, -0.25) is 14.9 Å². The lowest BCUT2D eigenvalue weighted by Gasteiger charge is -2.07. The summed E-state index contributed by atoms with van der Waals surface area (Å²) in [5.74, 6) is 0.790. The minimum atomic E-state index is -0.499. The average molecular weight is 287 g/mol. The van der Waals surface area contributed by atoms with Crippen molar-refractivity contribution < 1.29 is 19.2 Å². The molecule has 0 aliphatic rings. The number of rotatable bonds is 6. The molecule has 0 heterocycles. The fourth-order valence-corrected chi connectivity index (χ4v) is 1.78. The molecule has 0 radical (unpaired) electrons. The largest absolute Gasteiger partial charge is 0.490 e. The van der Waals surface area contributed by atoms with Gasteiger partial charge in [0.05, 0.1) is 12.0 Å². The molecule has 0 saturated heterocycles. The van der Waals surface area contributed by atoms with Crippen LogP contribution in [-0.2, 0) is 6.61 Å². The second kappa shape index (κ2) is 6.51. The van der Waals surface area contributed by atoms with E-state index in [1.165, 1.54) is 19.2 Å². The Labute approximate surface area is 121 Å². The van der Waals surface area contributed by atoms with Crippen LogP contribution in [0.1, 0.15) is 15.9 Å². The molecule has 0 atom stereocenters. The van der Waals surface area contributed by atoms with Crippen molar-refractivity contribution in [3.05, 3.63) is 63.7 Å². The molecule has 21 heavy (non-hydrogen) atoms. The van der Waals surface area contributed by atoms with Crippen LogP contribution in [0.3, 0.4) is 0 Å². The summed E-state index contributed by atoms with van der Waals surface area (Å²) in [6.07, 6.45) is 0.747. The topological polar surface area (TPSA) is 78.7 Å². The molecule has 2 aromatic rings. The van der Waals surface area contributed by atoms with Crippen molar-refractivity contribution in [3.63, 3.8) is 0 Å². The second-order valence-corrected chi connectivity index (χ2v) is 4.24. The van der Waals surface area contributed by atoms with Gasteiger partial charge in [0.2, 0.25) is 0 Å². The summed E-state index contributed by atoms with van der Waals surface area (Å²) in [6, 6.07) is 11.3. The Morgan fingerprint density at radius 2 is 1.90 bits per heavy atom. The number of nitro benzene ring substituents is 1. The van der Waals surface area contributed by atoms with E-state index in [-0.39, 0.29) is 18.0 Å². The molecule has 2 rings (SSSR count). The van der Waals surface area contributed by atoms with E-state index in [9.17, 15) is 14.9 Å². The molecule has 0 spiro atoms. The van der Waals surface area contributed by atoms with Crippen LogP contribution >= 0.6 is 0 Å². The van der Waals surface area contributed by atoms with Gasteiger partial charge in [-0.1, -0.05) is 6.07 Å². The molecule has 0 aliphatic carbocycles. The summed E-state index contributed by atoms with van der Waals surface area (Å²) in [5, 5.41) is 10.9. The molecule has 6 heteroatoms. The number of nitro groups is 1. The Morgan fingerprint density at radius 1 is 1.19 bits per heavy atom. The van der Waals surface area contributed by atoms with Gasteiger partial charge in [0.15, 0.2) is 5.75 Å². The first-order chi connectivity index (χ1) is 10.1. The van der Waals surface area contributed by atoms with Crippen LogP contribution in [-0.4, -0.2) is 18.3 Å². The number of benzene rings is 2. The van der Waals surface area contributed by atoms with Crippen molar-refractivity contribution in [3.8, 4) is 11.5 Å². The van der Waals surface area contributed by atoms with Crippen molar-refractivity contribution in [1.29, 1.82) is 0 Å². The van der Waals surface area contributed by atoms with E-state index in [1.807, 2.05) is 0 Å². The standard InChI is InChI=1S/C15H13NO5/c1-20-15-7-4-12(8-14(15)16(18)19)10-21-13-5-2-11(9-17)3-6-13/h2-9H,10H2,1H3. The zero-order valence-corrected chi connectivity index (χ0v) is 11.3. The quantitative estimate of drug-likeness (QED) is 0.463. The van der Waals surface area contributed by atoms with Crippen LogP contribution in [0.4, 0.5) is 5.69 Å². The lowest BCUT2D eigenvalue weighted by molar-refractivity contribution is -0.385. The smallest absolute Gasteiger partial charge is 0.311 e. The number of carbonyl (C=O) groups is 1. The second-order valence-electron chi connectivity index (χ2n) is 4.24. The summed E-state index contributed by atoms with van der Waals surface area (Å²) >= 11 is 0. The van der Waals surface area contributed by atoms with Gasteiger partial charge in [-0.2, -0.15) is 0 Å². The maximum absolute atomic E-state index is 10.9. The Morgan fingerprint density at radius 3 is 2.48 bits per heavy atom. The molecule has 2 aromatic carbocycles. The molecule has 0 amide bonds. The van der Waals surface area contributed by atoms with Gasteiger partial charge in [-0.15, -0.1) is 0 Å². The maximum Gasteiger partial charge on any atom is 0.311 e. The van der Waals surface area contributed by atoms with E-state index >= 15 is 0 Å². The average Bonchev–Trinajstić information content (AvgIpc) is 2.53. The zero-order chi connectivity index (χ0) is 15.2. The molecule has 0 fully saturated rings. The third-order valence-electron chi connectivity index (χ3n) is 2.86. The first-order valence-electron chi connectivity index (χ1n) is 6.13. The molecule has 6 nitrogen and oxygen atoms in total. The predicted octanol–water partition coefficient (Wildman–Crippen LogP) is 2.99. The highest BCUT2D eigenvalue weighted by atomic mass is 16.6. The van der Waals surface area contributed by atoms with Crippen LogP contribution < -0.4 is 9.47 Å². The van der Waals surface area contributed by atoms with Gasteiger partial charge in [0, 0.05) is 11.6 Å². The van der Waals surface area contributed by atoms with Gasteiger partial charge < -0.3 is 9.47 Å². The Hall–Kier alpha value is -2.89. The number of carbonyl (C=O) groups excluding carboxylic acids is 1. The van der Waals surface area contributed by atoms with Crippen molar-refractivity contribution >= 4 is 12.0 Å². The zero-order valence-electron chi connectivity index (χ0n) is 11.3. The number of ether oxygens (including phenoxy) is 2. The van der Waals surface area contributed by atoms with Gasteiger partial charge in [0.1, 0.15) is 18.6 Å². The van der Waals surface area contributed by atoms with Gasteiger partial charge in [0.25, 0.3) is 0 Å². The molecule has 0 aromatic heterocycles. The number of aldehydes is 1. The number of hydrogen-bond donors (Lipinski definition) is 0. The molecule has 0 aliphatic heterocycles. The van der Waals surface area contributed by atoms with Crippen LogP contribution in [0.15, 0.2) is 42.5 Å². The highest BCUT2D eigenvalue weighted by molar-refractivity contribution is 5.74. The van der Waals surface area contributed by atoms with E-state index < -0.39 is 4.92 Å². The van der Waals surface area contributed by atoms with Crippen LogP contribution in [0.5, 0.6) is 11.5 Å². The van der Waals surface area contributed by atoms with E-state index in [4.69, 9.17) is 9.47 Å². The fourth-order valence-electron chi connectivity index (χ4n) is 1.78. The van der Waals surface area contributed by atoms with E-state index in [2.05, 4.69) is 0 Å². The summed E-state index contributed by atoms with van der Waals surface area (Å²) in [4.78, 5) is 21.0. The monoisotopic (exact) mass is 287 g/mol. The molecule has 0 saturated carbocycles. The molecule has 108 valence electrons. The SMILES string of the molecule is COc1ccc(COc2ccc(C=O)cc2)cc1[N+](=O)[O-]. The van der Waals surface area contributed by atoms with Gasteiger partial charge >= 0.3 is 5.69 Å². The van der Waals surface area contributed by atoms with Crippen molar-refractivity contribution in [2.45, 2.75) is 6.61 Å².